The van der Waals surface area contributed by atoms with Crippen molar-refractivity contribution in [2.24, 2.45) is 0 Å². The predicted octanol–water partition coefficient (Wildman–Crippen LogP) is 9.99. The molecule has 1 saturated heterocycles. The zero-order valence-electron chi connectivity index (χ0n) is 24.0. The van der Waals surface area contributed by atoms with Crippen molar-refractivity contribution in [3.63, 3.8) is 0 Å². The summed E-state index contributed by atoms with van der Waals surface area (Å²) in [5, 5.41) is 0. The molecule has 0 atom stereocenters. The van der Waals surface area contributed by atoms with E-state index in [9.17, 15) is 8.78 Å². The number of benzene rings is 3. The van der Waals surface area contributed by atoms with Gasteiger partial charge in [-0.25, -0.2) is 8.78 Å². The van der Waals surface area contributed by atoms with Crippen LogP contribution in [0.4, 0.5) is 13.2 Å². The van der Waals surface area contributed by atoms with E-state index in [0.717, 1.165) is 37.7 Å². The lowest BCUT2D eigenvalue weighted by Crippen LogP contribution is -2.30. The Hall–Kier alpha value is -3.09. The fourth-order valence-corrected chi connectivity index (χ4v) is 5.11. The molecular formula is C35H41F3O3. The largest absolute Gasteiger partial charge is 0.490 e. The lowest BCUT2D eigenvalue weighted by molar-refractivity contribution is -0.189. The van der Waals surface area contributed by atoms with Crippen LogP contribution in [0.15, 0.2) is 67.3 Å². The van der Waals surface area contributed by atoms with E-state index in [1.165, 1.54) is 43.9 Å². The van der Waals surface area contributed by atoms with Crippen LogP contribution in [0, 0.1) is 17.5 Å². The lowest BCUT2D eigenvalue weighted by Gasteiger charge is -2.29. The maximum absolute atomic E-state index is 15.1. The first-order valence-electron chi connectivity index (χ1n) is 14.9. The summed E-state index contributed by atoms with van der Waals surface area (Å²) < 4.78 is 61.9. The van der Waals surface area contributed by atoms with Gasteiger partial charge in [-0.05, 0) is 47.7 Å². The van der Waals surface area contributed by atoms with Crippen LogP contribution in [0.2, 0.25) is 0 Å². The molecule has 4 rings (SSSR count). The molecule has 3 nitrogen and oxygen atoms in total. The Morgan fingerprint density at radius 3 is 2.10 bits per heavy atom. The number of allylic oxidation sites excluding steroid dienone is 1. The molecule has 0 unspecified atom stereocenters. The molecular weight excluding hydrogens is 525 g/mol. The summed E-state index contributed by atoms with van der Waals surface area (Å²) in [5.41, 5.74) is 2.54. The van der Waals surface area contributed by atoms with Crippen LogP contribution < -0.4 is 4.74 Å². The Morgan fingerprint density at radius 1 is 0.805 bits per heavy atom. The normalized spacial score (nSPS) is 17.0. The minimum Gasteiger partial charge on any atom is -0.490 e. The van der Waals surface area contributed by atoms with Gasteiger partial charge in [0.1, 0.15) is 5.82 Å². The van der Waals surface area contributed by atoms with Gasteiger partial charge >= 0.3 is 0 Å². The third-order valence-corrected chi connectivity index (χ3v) is 7.60. The van der Waals surface area contributed by atoms with Crippen molar-refractivity contribution in [1.29, 1.82) is 0 Å². The van der Waals surface area contributed by atoms with Gasteiger partial charge < -0.3 is 14.2 Å². The van der Waals surface area contributed by atoms with Crippen molar-refractivity contribution in [2.75, 3.05) is 19.8 Å². The highest BCUT2D eigenvalue weighted by molar-refractivity contribution is 5.71. The Kier molecular flexibility index (Phi) is 11.9. The molecule has 0 N–H and O–H groups in total. The van der Waals surface area contributed by atoms with Crippen LogP contribution in [-0.2, 0) is 9.47 Å². The molecule has 6 heteroatoms. The molecule has 1 heterocycles. The third-order valence-electron chi connectivity index (χ3n) is 7.60. The zero-order valence-corrected chi connectivity index (χ0v) is 24.0. The minimum atomic E-state index is -0.987. The number of hydrogen-bond donors (Lipinski definition) is 0. The van der Waals surface area contributed by atoms with Crippen LogP contribution in [0.25, 0.3) is 22.3 Å². The van der Waals surface area contributed by atoms with Crippen LogP contribution in [0.5, 0.6) is 5.75 Å². The van der Waals surface area contributed by atoms with Gasteiger partial charge in [0, 0.05) is 23.5 Å². The van der Waals surface area contributed by atoms with Crippen molar-refractivity contribution >= 4 is 0 Å². The van der Waals surface area contributed by atoms with E-state index in [0.29, 0.717) is 36.5 Å². The molecule has 41 heavy (non-hydrogen) atoms. The summed E-state index contributed by atoms with van der Waals surface area (Å²) in [4.78, 5) is 0. The zero-order chi connectivity index (χ0) is 29.0. The molecule has 1 aliphatic heterocycles. The van der Waals surface area contributed by atoms with Crippen molar-refractivity contribution in [3.05, 3.63) is 90.3 Å². The molecule has 0 radical (unpaired) electrons. The first-order valence-corrected chi connectivity index (χ1v) is 14.9. The van der Waals surface area contributed by atoms with Gasteiger partial charge in [0.2, 0.25) is 5.82 Å². The quantitative estimate of drug-likeness (QED) is 0.135. The Labute approximate surface area is 242 Å². The maximum atomic E-state index is 15.1. The van der Waals surface area contributed by atoms with E-state index in [1.54, 1.807) is 30.3 Å². The monoisotopic (exact) mass is 566 g/mol. The number of ether oxygens (including phenoxy) is 3. The molecule has 220 valence electrons. The van der Waals surface area contributed by atoms with Crippen molar-refractivity contribution in [3.8, 4) is 28.0 Å². The highest BCUT2D eigenvalue weighted by Crippen LogP contribution is 2.33. The molecule has 0 aromatic heterocycles. The summed E-state index contributed by atoms with van der Waals surface area (Å²) in [5.74, 6) is -2.41. The molecule has 0 bridgehead atoms. The summed E-state index contributed by atoms with van der Waals surface area (Å²) in [6, 6.07) is 14.9. The Morgan fingerprint density at radius 2 is 1.44 bits per heavy atom. The Balaban J connectivity index is 1.34. The van der Waals surface area contributed by atoms with E-state index in [2.05, 4.69) is 13.5 Å². The standard InChI is InChI=1S/C35H41F3O3/c1-3-5-7-8-9-10-11-21-39-32-20-19-30(34(37)35(32)38)26-15-13-25(14-16-26)29-18-17-27(22-31(29)36)28-23-40-33(41-24-28)12-6-4-2/h4,13-20,22,28,33H,2-3,5-12,21,23-24H2,1H3. The molecule has 0 amide bonds. The minimum absolute atomic E-state index is 0.0405. The smallest absolute Gasteiger partial charge is 0.201 e. The molecule has 3 aromatic carbocycles. The summed E-state index contributed by atoms with van der Waals surface area (Å²) in [6.45, 7) is 7.21. The van der Waals surface area contributed by atoms with Crippen LogP contribution in [-0.4, -0.2) is 26.1 Å². The van der Waals surface area contributed by atoms with E-state index < -0.39 is 11.6 Å². The molecule has 0 aliphatic carbocycles. The first-order chi connectivity index (χ1) is 20.0. The highest BCUT2D eigenvalue weighted by atomic mass is 19.2. The van der Waals surface area contributed by atoms with Gasteiger partial charge in [-0.2, -0.15) is 4.39 Å². The second-order valence-corrected chi connectivity index (χ2v) is 10.7. The van der Waals surface area contributed by atoms with Gasteiger partial charge in [0.25, 0.3) is 0 Å². The Bertz CT molecular complexity index is 1250. The SMILES string of the molecule is C=CCCC1OCC(c2ccc(-c3ccc(-c4ccc(OCCCCCCCCC)c(F)c4F)cc3)c(F)c2)CO1. The van der Waals surface area contributed by atoms with E-state index >= 15 is 4.39 Å². The molecule has 1 fully saturated rings. The molecule has 0 spiro atoms. The van der Waals surface area contributed by atoms with Gasteiger partial charge in [0.05, 0.1) is 19.8 Å². The molecule has 0 saturated carbocycles. The van der Waals surface area contributed by atoms with Crippen LogP contribution >= 0.6 is 0 Å². The van der Waals surface area contributed by atoms with Gasteiger partial charge in [-0.1, -0.05) is 87.9 Å². The second-order valence-electron chi connectivity index (χ2n) is 10.7. The topological polar surface area (TPSA) is 27.7 Å². The summed E-state index contributed by atoms with van der Waals surface area (Å²) >= 11 is 0. The summed E-state index contributed by atoms with van der Waals surface area (Å²) in [6.07, 6.45) is 11.0. The number of rotatable bonds is 15. The number of halogens is 3. The van der Waals surface area contributed by atoms with Gasteiger partial charge in [-0.15, -0.1) is 6.58 Å². The van der Waals surface area contributed by atoms with Crippen LogP contribution in [0.3, 0.4) is 0 Å². The average Bonchev–Trinajstić information content (AvgIpc) is 3.00. The van der Waals surface area contributed by atoms with Crippen molar-refractivity contribution < 1.29 is 27.4 Å². The highest BCUT2D eigenvalue weighted by Gasteiger charge is 2.24. The lowest BCUT2D eigenvalue weighted by atomic mass is 9.95. The average molecular weight is 567 g/mol. The summed E-state index contributed by atoms with van der Waals surface area (Å²) in [7, 11) is 0. The van der Waals surface area contributed by atoms with E-state index in [1.807, 2.05) is 12.1 Å². The van der Waals surface area contributed by atoms with Crippen molar-refractivity contribution in [2.45, 2.75) is 76.9 Å². The van der Waals surface area contributed by atoms with Crippen LogP contribution in [0.1, 0.15) is 76.2 Å². The third kappa shape index (κ3) is 8.46. The van der Waals surface area contributed by atoms with E-state index in [4.69, 9.17) is 14.2 Å². The fraction of sp³-hybridized carbons (Fsp3) is 0.429. The second kappa shape index (κ2) is 15.8. The van der Waals surface area contributed by atoms with Gasteiger partial charge in [-0.3, -0.25) is 0 Å². The van der Waals surface area contributed by atoms with Gasteiger partial charge in [0.15, 0.2) is 17.9 Å². The van der Waals surface area contributed by atoms with Crippen molar-refractivity contribution in [1.82, 2.24) is 0 Å². The number of unbranched alkanes of at least 4 members (excludes halogenated alkanes) is 6. The van der Waals surface area contributed by atoms with E-state index in [-0.39, 0.29) is 29.3 Å². The first kappa shape index (κ1) is 30.9. The molecule has 1 aliphatic rings. The predicted molar refractivity (Wildman–Crippen MR) is 159 cm³/mol. The fourth-order valence-electron chi connectivity index (χ4n) is 5.11. The molecule has 3 aromatic rings. The maximum Gasteiger partial charge on any atom is 0.201 e. The number of hydrogen-bond acceptors (Lipinski definition) is 3.